The Hall–Kier alpha value is -2.16. The molecule has 2 unspecified atom stereocenters. The van der Waals surface area contributed by atoms with Crippen LogP contribution in [0.3, 0.4) is 0 Å². The van der Waals surface area contributed by atoms with Crippen LogP contribution >= 0.6 is 12.6 Å². The Kier molecular flexibility index (Phi) is 5.43. The van der Waals surface area contributed by atoms with E-state index < -0.39 is 35.8 Å². The van der Waals surface area contributed by atoms with Crippen LogP contribution in [0.1, 0.15) is 5.76 Å². The largest absolute Gasteiger partial charge is 0.480 e. The molecule has 2 aromatic rings. The van der Waals surface area contributed by atoms with Crippen molar-refractivity contribution in [3.63, 3.8) is 0 Å². The quantitative estimate of drug-likeness (QED) is 0.691. The zero-order chi connectivity index (χ0) is 17.9. The first kappa shape index (κ1) is 18.2. The van der Waals surface area contributed by atoms with Gasteiger partial charge in [0.15, 0.2) is 0 Å². The van der Waals surface area contributed by atoms with Gasteiger partial charge < -0.3 is 14.8 Å². The molecule has 1 amide bonds. The molecule has 130 valence electrons. The average molecular weight is 361 g/mol. The molecule has 0 saturated carbocycles. The van der Waals surface area contributed by atoms with Crippen molar-refractivity contribution in [2.75, 3.05) is 5.75 Å². The van der Waals surface area contributed by atoms with Crippen LogP contribution in [0.4, 0.5) is 13.2 Å². The van der Waals surface area contributed by atoms with E-state index in [-0.39, 0.29) is 12.2 Å². The van der Waals surface area contributed by atoms with Gasteiger partial charge in [0, 0.05) is 22.9 Å². The van der Waals surface area contributed by atoms with Crippen LogP contribution in [0.5, 0.6) is 0 Å². The van der Waals surface area contributed by atoms with E-state index in [4.69, 9.17) is 4.42 Å². The van der Waals surface area contributed by atoms with E-state index in [1.54, 1.807) is 24.3 Å². The molecule has 0 aliphatic rings. The molecule has 0 saturated heterocycles. The van der Waals surface area contributed by atoms with Gasteiger partial charge >= 0.3 is 12.1 Å². The van der Waals surface area contributed by atoms with E-state index in [0.29, 0.717) is 5.39 Å². The van der Waals surface area contributed by atoms with Gasteiger partial charge in [0.05, 0.1) is 6.26 Å². The first-order chi connectivity index (χ1) is 11.2. The molecule has 1 heterocycles. The molecular formula is C15H14F3NO4S. The van der Waals surface area contributed by atoms with Crippen LogP contribution in [0.2, 0.25) is 0 Å². The highest BCUT2D eigenvalue weighted by Gasteiger charge is 2.44. The number of nitrogens with one attached hydrogen (secondary N) is 1. The predicted molar refractivity (Wildman–Crippen MR) is 82.9 cm³/mol. The van der Waals surface area contributed by atoms with E-state index in [0.717, 1.165) is 5.39 Å². The number of halogens is 3. The molecule has 0 radical (unpaired) electrons. The number of aliphatic carboxylic acids is 1. The zero-order valence-corrected chi connectivity index (χ0v) is 13.1. The van der Waals surface area contributed by atoms with Crippen molar-refractivity contribution in [1.82, 2.24) is 5.32 Å². The minimum atomic E-state index is -4.80. The van der Waals surface area contributed by atoms with Gasteiger partial charge in [-0.3, -0.25) is 4.79 Å². The smallest absolute Gasteiger partial charge is 0.401 e. The van der Waals surface area contributed by atoms with Crippen LogP contribution in [0.25, 0.3) is 10.8 Å². The summed E-state index contributed by atoms with van der Waals surface area (Å²) in [4.78, 5) is 23.1. The summed E-state index contributed by atoms with van der Waals surface area (Å²) in [5.41, 5.74) is 0. The molecule has 2 N–H and O–H groups in total. The second kappa shape index (κ2) is 7.16. The summed E-state index contributed by atoms with van der Waals surface area (Å²) in [6.07, 6.45) is -3.66. The van der Waals surface area contributed by atoms with Crippen LogP contribution in [0.15, 0.2) is 34.9 Å². The fourth-order valence-electron chi connectivity index (χ4n) is 2.20. The number of carbonyl (C=O) groups excluding carboxylic acids is 1. The number of alkyl halides is 3. The van der Waals surface area contributed by atoms with E-state index in [1.165, 1.54) is 6.26 Å². The van der Waals surface area contributed by atoms with Gasteiger partial charge in [-0.1, -0.05) is 24.3 Å². The zero-order valence-electron chi connectivity index (χ0n) is 12.2. The van der Waals surface area contributed by atoms with Crippen LogP contribution in [-0.2, 0) is 16.0 Å². The van der Waals surface area contributed by atoms with Crippen LogP contribution in [0, 0.1) is 5.92 Å². The Balaban J connectivity index is 2.18. The molecule has 0 spiro atoms. The fourth-order valence-corrected chi connectivity index (χ4v) is 2.58. The SMILES string of the molecule is O=C(O)C(Cc1occ2ccccc12)NC(=O)C(CS)C(F)(F)F. The normalized spacial score (nSPS) is 14.3. The molecule has 2 rings (SSSR count). The molecule has 5 nitrogen and oxygen atoms in total. The summed E-state index contributed by atoms with van der Waals surface area (Å²) >= 11 is 3.51. The van der Waals surface area contributed by atoms with Gasteiger partial charge in [0.1, 0.15) is 17.7 Å². The molecule has 0 fully saturated rings. The number of carboxylic acids is 1. The third kappa shape index (κ3) is 4.02. The van der Waals surface area contributed by atoms with Crippen molar-refractivity contribution < 1.29 is 32.3 Å². The molecule has 0 aliphatic carbocycles. The maximum atomic E-state index is 12.7. The lowest BCUT2D eigenvalue weighted by Gasteiger charge is -2.20. The second-order valence-electron chi connectivity index (χ2n) is 5.13. The number of furan rings is 1. The number of carbonyl (C=O) groups is 2. The molecule has 1 aromatic heterocycles. The number of thiol groups is 1. The van der Waals surface area contributed by atoms with Crippen molar-refractivity contribution in [2.24, 2.45) is 5.92 Å². The highest BCUT2D eigenvalue weighted by Crippen LogP contribution is 2.28. The number of amides is 1. The summed E-state index contributed by atoms with van der Waals surface area (Å²) in [5, 5.41) is 12.5. The van der Waals surface area contributed by atoms with Crippen molar-refractivity contribution in [3.8, 4) is 0 Å². The van der Waals surface area contributed by atoms with E-state index >= 15 is 0 Å². The lowest BCUT2D eigenvalue weighted by molar-refractivity contribution is -0.178. The molecule has 9 heteroatoms. The lowest BCUT2D eigenvalue weighted by Crippen LogP contribution is -2.48. The second-order valence-corrected chi connectivity index (χ2v) is 5.49. The maximum absolute atomic E-state index is 12.7. The minimum absolute atomic E-state index is 0.271. The summed E-state index contributed by atoms with van der Waals surface area (Å²) in [5.74, 6) is -5.76. The van der Waals surface area contributed by atoms with E-state index in [9.17, 15) is 27.9 Å². The number of rotatable bonds is 6. The van der Waals surface area contributed by atoms with Gasteiger partial charge in [0.2, 0.25) is 5.91 Å². The Morgan fingerprint density at radius 1 is 1.29 bits per heavy atom. The Morgan fingerprint density at radius 2 is 1.96 bits per heavy atom. The van der Waals surface area contributed by atoms with Crippen LogP contribution < -0.4 is 5.32 Å². The maximum Gasteiger partial charge on any atom is 0.401 e. The first-order valence-corrected chi connectivity index (χ1v) is 7.53. The van der Waals surface area contributed by atoms with E-state index in [1.807, 2.05) is 5.32 Å². The summed E-state index contributed by atoms with van der Waals surface area (Å²) in [7, 11) is 0. The molecular weight excluding hydrogens is 347 g/mol. The lowest BCUT2D eigenvalue weighted by atomic mass is 10.1. The molecule has 1 aromatic carbocycles. The third-order valence-electron chi connectivity index (χ3n) is 3.49. The predicted octanol–water partition coefficient (Wildman–Crippen LogP) is 2.65. The third-order valence-corrected chi connectivity index (χ3v) is 3.85. The van der Waals surface area contributed by atoms with Crippen LogP contribution in [-0.4, -0.2) is 35.0 Å². The molecule has 2 atom stereocenters. The first-order valence-electron chi connectivity index (χ1n) is 6.90. The topological polar surface area (TPSA) is 79.5 Å². The van der Waals surface area contributed by atoms with Gasteiger partial charge in [-0.15, -0.1) is 0 Å². The van der Waals surface area contributed by atoms with Crippen molar-refractivity contribution in [2.45, 2.75) is 18.6 Å². The summed E-state index contributed by atoms with van der Waals surface area (Å²) in [6, 6.07) is 5.38. The Bertz CT molecular complexity index is 744. The fraction of sp³-hybridized carbons (Fsp3) is 0.333. The molecule has 24 heavy (non-hydrogen) atoms. The number of hydrogen-bond donors (Lipinski definition) is 3. The van der Waals surface area contributed by atoms with Gasteiger partial charge in [0.25, 0.3) is 0 Å². The number of hydrogen-bond acceptors (Lipinski definition) is 4. The minimum Gasteiger partial charge on any atom is -0.480 e. The highest BCUT2D eigenvalue weighted by molar-refractivity contribution is 7.80. The van der Waals surface area contributed by atoms with Gasteiger partial charge in [-0.05, 0) is 0 Å². The van der Waals surface area contributed by atoms with E-state index in [2.05, 4.69) is 12.6 Å². The highest BCUT2D eigenvalue weighted by atomic mass is 32.1. The number of fused-ring (bicyclic) bond motifs is 1. The Labute approximate surface area is 140 Å². The van der Waals surface area contributed by atoms with Gasteiger partial charge in [-0.2, -0.15) is 25.8 Å². The number of carboxylic acid groups (broad SMARTS) is 1. The van der Waals surface area contributed by atoms with Crippen molar-refractivity contribution >= 4 is 35.3 Å². The summed E-state index contributed by atoms with van der Waals surface area (Å²) < 4.78 is 43.5. The van der Waals surface area contributed by atoms with Crippen molar-refractivity contribution in [1.29, 1.82) is 0 Å². The van der Waals surface area contributed by atoms with Gasteiger partial charge in [-0.25, -0.2) is 4.79 Å². The Morgan fingerprint density at radius 3 is 2.54 bits per heavy atom. The number of benzene rings is 1. The molecule has 0 aliphatic heterocycles. The molecule has 0 bridgehead atoms. The monoisotopic (exact) mass is 361 g/mol. The van der Waals surface area contributed by atoms with Crippen molar-refractivity contribution in [3.05, 3.63) is 36.3 Å². The summed E-state index contributed by atoms with van der Waals surface area (Å²) in [6.45, 7) is 0. The average Bonchev–Trinajstić information content (AvgIpc) is 2.89. The standard InChI is InChI=1S/C15H14F3NO4S/c16-15(17,18)10(7-24)13(20)19-11(14(21)22)5-12-9-4-2-1-3-8(9)6-23-12/h1-4,6,10-11,24H,5,7H2,(H,19,20)(H,21,22).